The fourth-order valence-electron chi connectivity index (χ4n) is 4.59. The van der Waals surface area contributed by atoms with E-state index in [1.54, 1.807) is 30.4 Å². The number of rotatable bonds is 7. The molecule has 0 bridgehead atoms. The predicted octanol–water partition coefficient (Wildman–Crippen LogP) is 4.00. The molecule has 2 fully saturated rings. The number of thiazole rings is 2. The van der Waals surface area contributed by atoms with E-state index >= 15 is 0 Å². The van der Waals surface area contributed by atoms with Crippen LogP contribution in [-0.2, 0) is 24.2 Å². The van der Waals surface area contributed by atoms with Crippen LogP contribution in [0.25, 0.3) is 15.7 Å². The first-order chi connectivity index (χ1) is 18.0. The molecular formula is C25H26FN5O3S3. The number of ether oxygens (including phenoxy) is 1. The Hall–Kier alpha value is -2.35. The zero-order valence-electron chi connectivity index (χ0n) is 20.1. The minimum Gasteiger partial charge on any atom is -0.501 e. The third-order valence-electron chi connectivity index (χ3n) is 6.50. The van der Waals surface area contributed by atoms with Crippen LogP contribution < -0.4 is 5.56 Å². The molecule has 0 spiro atoms. The summed E-state index contributed by atoms with van der Waals surface area (Å²) in [5, 5.41) is 11.2. The molecular weight excluding hydrogens is 534 g/mol. The number of hydrogen-bond donors (Lipinski definition) is 1. The standard InChI is InChI=1S/C25H26FN5O3S3/c26-18-3-2-16(17(10-18)13-30-4-1-9-35-30)11-19-12-27-23(36-19)21-22(32)24(33)31-15-20(37-25(31)28-21)14-29-5-7-34-8-6-29/h2-3,10,12,15,32H,1,4-9,11,13-14H2. The molecule has 194 valence electrons. The van der Waals surface area contributed by atoms with Gasteiger partial charge in [-0.2, -0.15) is 0 Å². The van der Waals surface area contributed by atoms with Crippen LogP contribution >= 0.6 is 34.6 Å². The minimum atomic E-state index is -0.495. The van der Waals surface area contributed by atoms with E-state index in [-0.39, 0.29) is 11.5 Å². The lowest BCUT2D eigenvalue weighted by molar-refractivity contribution is 0.0346. The van der Waals surface area contributed by atoms with Crippen molar-refractivity contribution in [1.29, 1.82) is 0 Å². The molecule has 1 aromatic carbocycles. The Balaban J connectivity index is 1.25. The van der Waals surface area contributed by atoms with Crippen LogP contribution in [-0.4, -0.2) is 67.3 Å². The van der Waals surface area contributed by atoms with Gasteiger partial charge in [0.05, 0.1) is 13.2 Å². The van der Waals surface area contributed by atoms with Gasteiger partial charge in [0.25, 0.3) is 0 Å². The second-order valence-electron chi connectivity index (χ2n) is 9.12. The van der Waals surface area contributed by atoms with Crippen LogP contribution in [0.3, 0.4) is 0 Å². The first-order valence-electron chi connectivity index (χ1n) is 12.2. The number of hydrogen-bond acceptors (Lipinski definition) is 10. The summed E-state index contributed by atoms with van der Waals surface area (Å²) in [6.45, 7) is 5.52. The van der Waals surface area contributed by atoms with E-state index in [9.17, 15) is 14.3 Å². The van der Waals surface area contributed by atoms with Gasteiger partial charge in [-0.05, 0) is 29.7 Å². The van der Waals surface area contributed by atoms with Crippen molar-refractivity contribution in [2.24, 2.45) is 0 Å². The molecule has 8 nitrogen and oxygen atoms in total. The first kappa shape index (κ1) is 25.0. The summed E-state index contributed by atoms with van der Waals surface area (Å²) in [5.41, 5.74) is 1.72. The summed E-state index contributed by atoms with van der Waals surface area (Å²) >= 11 is 4.64. The van der Waals surface area contributed by atoms with Crippen molar-refractivity contribution in [3.8, 4) is 16.5 Å². The third-order valence-corrected chi connectivity index (χ3v) is 9.62. The highest BCUT2D eigenvalue weighted by Gasteiger charge is 2.21. The Kier molecular flexibility index (Phi) is 7.28. The van der Waals surface area contributed by atoms with Crippen molar-refractivity contribution in [3.63, 3.8) is 0 Å². The fourth-order valence-corrected chi connectivity index (χ4v) is 7.54. The predicted molar refractivity (Wildman–Crippen MR) is 145 cm³/mol. The Morgan fingerprint density at radius 2 is 1.95 bits per heavy atom. The van der Waals surface area contributed by atoms with Crippen molar-refractivity contribution < 1.29 is 14.2 Å². The van der Waals surface area contributed by atoms with Crippen molar-refractivity contribution in [2.75, 3.05) is 38.6 Å². The first-order valence-corrected chi connectivity index (χ1v) is 14.8. The van der Waals surface area contributed by atoms with E-state index in [4.69, 9.17) is 4.74 Å². The summed E-state index contributed by atoms with van der Waals surface area (Å²) in [4.78, 5) is 26.8. The van der Waals surface area contributed by atoms with E-state index in [0.29, 0.717) is 42.7 Å². The van der Waals surface area contributed by atoms with Crippen LogP contribution in [0, 0.1) is 5.82 Å². The Morgan fingerprint density at radius 1 is 1.08 bits per heavy atom. The topological polar surface area (TPSA) is 83.2 Å². The van der Waals surface area contributed by atoms with Crippen LogP contribution in [0.4, 0.5) is 4.39 Å². The number of aromatic nitrogens is 3. The van der Waals surface area contributed by atoms with Gasteiger partial charge in [-0.15, -0.1) is 11.3 Å². The minimum absolute atomic E-state index is 0.203. The molecule has 0 aliphatic carbocycles. The molecule has 37 heavy (non-hydrogen) atoms. The van der Waals surface area contributed by atoms with Gasteiger partial charge in [0.1, 0.15) is 16.5 Å². The number of fused-ring (bicyclic) bond motifs is 1. The second kappa shape index (κ2) is 10.8. The van der Waals surface area contributed by atoms with Gasteiger partial charge in [0.2, 0.25) is 5.75 Å². The van der Waals surface area contributed by atoms with Gasteiger partial charge in [-0.1, -0.05) is 29.4 Å². The van der Waals surface area contributed by atoms with Gasteiger partial charge in [-0.25, -0.2) is 18.7 Å². The summed E-state index contributed by atoms with van der Waals surface area (Å²) in [5.74, 6) is 0.463. The highest BCUT2D eigenvalue weighted by Crippen LogP contribution is 2.32. The lowest BCUT2D eigenvalue weighted by Gasteiger charge is -2.25. The van der Waals surface area contributed by atoms with Crippen LogP contribution in [0.15, 0.2) is 35.4 Å². The van der Waals surface area contributed by atoms with Crippen LogP contribution in [0.5, 0.6) is 5.75 Å². The summed E-state index contributed by atoms with van der Waals surface area (Å²) in [6, 6.07) is 4.94. The van der Waals surface area contributed by atoms with E-state index in [2.05, 4.69) is 19.2 Å². The number of benzene rings is 1. The summed E-state index contributed by atoms with van der Waals surface area (Å²) < 4.78 is 23.1. The molecule has 5 heterocycles. The third kappa shape index (κ3) is 5.45. The van der Waals surface area contributed by atoms with Gasteiger partial charge in [-0.3, -0.25) is 14.1 Å². The van der Waals surface area contributed by atoms with Crippen LogP contribution in [0.2, 0.25) is 0 Å². The van der Waals surface area contributed by atoms with Crippen molar-refractivity contribution >= 4 is 39.6 Å². The molecule has 0 saturated carbocycles. The normalized spacial score (nSPS) is 17.2. The quantitative estimate of drug-likeness (QED) is 0.340. The molecule has 0 radical (unpaired) electrons. The zero-order valence-corrected chi connectivity index (χ0v) is 22.5. The Bertz CT molecular complexity index is 1470. The lowest BCUT2D eigenvalue weighted by atomic mass is 10.0. The van der Waals surface area contributed by atoms with Crippen molar-refractivity contribution in [3.05, 3.63) is 67.6 Å². The van der Waals surface area contributed by atoms with Crippen molar-refractivity contribution in [1.82, 2.24) is 23.6 Å². The molecule has 2 aliphatic rings. The van der Waals surface area contributed by atoms with E-state index in [1.807, 2.05) is 6.07 Å². The van der Waals surface area contributed by atoms with E-state index < -0.39 is 11.3 Å². The van der Waals surface area contributed by atoms with E-state index in [0.717, 1.165) is 52.7 Å². The Morgan fingerprint density at radius 3 is 2.76 bits per heavy atom. The average Bonchev–Trinajstić information content (AvgIpc) is 3.65. The molecule has 6 rings (SSSR count). The fraction of sp³-hybridized carbons (Fsp3) is 0.400. The molecule has 4 aromatic rings. The Labute approximate surface area is 225 Å². The molecule has 2 aliphatic heterocycles. The van der Waals surface area contributed by atoms with Gasteiger partial charge >= 0.3 is 5.56 Å². The zero-order chi connectivity index (χ0) is 25.4. The highest BCUT2D eigenvalue weighted by molar-refractivity contribution is 7.97. The SMILES string of the molecule is O=c1c(O)c(-c2ncc(Cc3ccc(F)cc3CN3CCCS3)s2)nc2sc(CN3CCOCC3)cn12. The van der Waals surface area contributed by atoms with Crippen molar-refractivity contribution in [2.45, 2.75) is 25.9 Å². The summed E-state index contributed by atoms with van der Waals surface area (Å²) in [7, 11) is 0. The number of aromatic hydroxyl groups is 1. The van der Waals surface area contributed by atoms with Gasteiger partial charge in [0.15, 0.2) is 4.96 Å². The highest BCUT2D eigenvalue weighted by atomic mass is 32.2. The second-order valence-corrected chi connectivity index (χ2v) is 12.5. The smallest absolute Gasteiger partial charge is 0.301 e. The molecule has 2 saturated heterocycles. The number of nitrogens with zero attached hydrogens (tertiary/aromatic N) is 5. The molecule has 12 heteroatoms. The molecule has 0 unspecified atom stereocenters. The maximum Gasteiger partial charge on any atom is 0.301 e. The largest absolute Gasteiger partial charge is 0.501 e. The number of halogens is 1. The van der Waals surface area contributed by atoms with Gasteiger partial charge < -0.3 is 9.84 Å². The average molecular weight is 560 g/mol. The van der Waals surface area contributed by atoms with Crippen LogP contribution in [0.1, 0.15) is 27.3 Å². The number of morpholine rings is 1. The summed E-state index contributed by atoms with van der Waals surface area (Å²) in [6.07, 6.45) is 5.25. The molecule has 0 atom stereocenters. The lowest BCUT2D eigenvalue weighted by Crippen LogP contribution is -2.35. The van der Waals surface area contributed by atoms with Gasteiger partial charge in [0, 0.05) is 67.0 Å². The van der Waals surface area contributed by atoms with E-state index in [1.165, 1.54) is 33.1 Å². The molecule has 3 aromatic heterocycles. The molecule has 1 N–H and O–H groups in total. The maximum absolute atomic E-state index is 14.0. The molecule has 0 amide bonds. The monoisotopic (exact) mass is 559 g/mol. The maximum atomic E-state index is 14.0.